The fraction of sp³-hybridized carbons (Fsp3) is 0.500. The van der Waals surface area contributed by atoms with Crippen molar-refractivity contribution in [2.75, 3.05) is 0 Å². The molecule has 4 heteroatoms. The first-order chi connectivity index (χ1) is 9.65. The summed E-state index contributed by atoms with van der Waals surface area (Å²) in [6.07, 6.45) is 5.68. The SMILES string of the molecule is CC1CCCC(CCC(=S)NC(=O)c2ccccc2)O1. The maximum Gasteiger partial charge on any atom is 0.256 e. The van der Waals surface area contributed by atoms with Gasteiger partial charge in [0.25, 0.3) is 5.91 Å². The minimum absolute atomic E-state index is 0.131. The van der Waals surface area contributed by atoms with E-state index in [1.165, 1.54) is 6.42 Å². The van der Waals surface area contributed by atoms with Crippen LogP contribution in [-0.2, 0) is 4.74 Å². The second-order valence-electron chi connectivity index (χ2n) is 5.28. The summed E-state index contributed by atoms with van der Waals surface area (Å²) in [6.45, 7) is 2.11. The Labute approximate surface area is 125 Å². The van der Waals surface area contributed by atoms with Gasteiger partial charge in [-0.25, -0.2) is 0 Å². The molecule has 0 radical (unpaired) electrons. The highest BCUT2D eigenvalue weighted by atomic mass is 32.1. The van der Waals surface area contributed by atoms with Crippen molar-refractivity contribution in [1.82, 2.24) is 5.32 Å². The molecule has 2 unspecified atom stereocenters. The number of amides is 1. The molecule has 0 aliphatic carbocycles. The van der Waals surface area contributed by atoms with Gasteiger partial charge in [0.05, 0.1) is 17.2 Å². The van der Waals surface area contributed by atoms with Crippen molar-refractivity contribution in [2.45, 2.75) is 51.2 Å². The minimum atomic E-state index is -0.131. The predicted octanol–water partition coefficient (Wildman–Crippen LogP) is 3.48. The molecule has 3 nitrogen and oxygen atoms in total. The van der Waals surface area contributed by atoms with E-state index in [1.807, 2.05) is 18.2 Å². The molecule has 0 aromatic heterocycles. The largest absolute Gasteiger partial charge is 0.375 e. The van der Waals surface area contributed by atoms with Gasteiger partial charge in [-0.3, -0.25) is 4.79 Å². The predicted molar refractivity (Wildman–Crippen MR) is 83.9 cm³/mol. The number of hydrogen-bond acceptors (Lipinski definition) is 3. The second kappa shape index (κ2) is 7.50. The zero-order valence-corrected chi connectivity index (χ0v) is 12.6. The number of benzene rings is 1. The molecule has 1 saturated heterocycles. The van der Waals surface area contributed by atoms with E-state index in [-0.39, 0.29) is 12.0 Å². The standard InChI is InChI=1S/C16H21NO2S/c1-12-6-5-9-14(19-12)10-11-15(20)17-16(18)13-7-3-2-4-8-13/h2-4,7-8,12,14H,5-6,9-11H2,1H3,(H,17,18,20). The molecule has 108 valence electrons. The second-order valence-corrected chi connectivity index (χ2v) is 5.77. The molecule has 0 saturated carbocycles. The summed E-state index contributed by atoms with van der Waals surface area (Å²) in [5, 5.41) is 2.78. The lowest BCUT2D eigenvalue weighted by molar-refractivity contribution is -0.0421. The van der Waals surface area contributed by atoms with E-state index in [1.54, 1.807) is 12.1 Å². The van der Waals surface area contributed by atoms with Crippen LogP contribution in [-0.4, -0.2) is 23.1 Å². The van der Waals surface area contributed by atoms with Gasteiger partial charge in [-0.15, -0.1) is 0 Å². The van der Waals surface area contributed by atoms with Crippen LogP contribution in [0.1, 0.15) is 49.4 Å². The molecule has 1 aromatic carbocycles. The van der Waals surface area contributed by atoms with Crippen molar-refractivity contribution in [3.05, 3.63) is 35.9 Å². The number of rotatable bonds is 4. The Hall–Kier alpha value is -1.26. The van der Waals surface area contributed by atoms with Crippen LogP contribution in [0.4, 0.5) is 0 Å². The van der Waals surface area contributed by atoms with Crippen LogP contribution in [0.5, 0.6) is 0 Å². The summed E-state index contributed by atoms with van der Waals surface area (Å²) in [6, 6.07) is 9.13. The molecular formula is C16H21NO2S. The Morgan fingerprint density at radius 2 is 2.10 bits per heavy atom. The van der Waals surface area contributed by atoms with Crippen molar-refractivity contribution in [3.8, 4) is 0 Å². The van der Waals surface area contributed by atoms with Gasteiger partial charge >= 0.3 is 0 Å². The lowest BCUT2D eigenvalue weighted by Crippen LogP contribution is -2.31. The molecule has 1 aliphatic heterocycles. The van der Waals surface area contributed by atoms with E-state index in [2.05, 4.69) is 12.2 Å². The highest BCUT2D eigenvalue weighted by Gasteiger charge is 2.19. The fourth-order valence-electron chi connectivity index (χ4n) is 2.45. The van der Waals surface area contributed by atoms with E-state index >= 15 is 0 Å². The Kier molecular flexibility index (Phi) is 5.68. The van der Waals surface area contributed by atoms with Crippen LogP contribution in [0.25, 0.3) is 0 Å². The van der Waals surface area contributed by atoms with E-state index in [9.17, 15) is 4.79 Å². The van der Waals surface area contributed by atoms with E-state index < -0.39 is 0 Å². The minimum Gasteiger partial charge on any atom is -0.375 e. The molecule has 1 amide bonds. The summed E-state index contributed by atoms with van der Waals surface area (Å²) in [7, 11) is 0. The number of thiocarbonyl (C=S) groups is 1. The normalized spacial score (nSPS) is 22.2. The lowest BCUT2D eigenvalue weighted by atomic mass is 10.0. The number of carbonyl (C=O) groups is 1. The summed E-state index contributed by atoms with van der Waals surface area (Å²) in [5.41, 5.74) is 0.636. The molecule has 0 spiro atoms. The van der Waals surface area contributed by atoms with E-state index in [0.29, 0.717) is 23.1 Å². The molecule has 1 fully saturated rings. The lowest BCUT2D eigenvalue weighted by Gasteiger charge is -2.27. The van der Waals surface area contributed by atoms with Crippen LogP contribution in [0.15, 0.2) is 30.3 Å². The molecule has 2 rings (SSSR count). The van der Waals surface area contributed by atoms with Crippen LogP contribution in [0.2, 0.25) is 0 Å². The first-order valence-electron chi connectivity index (χ1n) is 7.20. The average Bonchev–Trinajstić information content (AvgIpc) is 2.46. The maximum absolute atomic E-state index is 11.9. The Bertz CT molecular complexity index is 461. The topological polar surface area (TPSA) is 38.3 Å². The van der Waals surface area contributed by atoms with Gasteiger partial charge in [0.2, 0.25) is 0 Å². The fourth-order valence-corrected chi connectivity index (χ4v) is 2.66. The summed E-state index contributed by atoms with van der Waals surface area (Å²) < 4.78 is 5.85. The Morgan fingerprint density at radius 3 is 2.80 bits per heavy atom. The summed E-state index contributed by atoms with van der Waals surface area (Å²) in [5.74, 6) is -0.131. The monoisotopic (exact) mass is 291 g/mol. The maximum atomic E-state index is 11.9. The Balaban J connectivity index is 1.74. The van der Waals surface area contributed by atoms with Gasteiger partial charge in [0.15, 0.2) is 0 Å². The highest BCUT2D eigenvalue weighted by Crippen LogP contribution is 2.21. The van der Waals surface area contributed by atoms with Gasteiger partial charge in [-0.05, 0) is 44.7 Å². The van der Waals surface area contributed by atoms with Crippen LogP contribution >= 0.6 is 12.2 Å². The third kappa shape index (κ3) is 4.69. The highest BCUT2D eigenvalue weighted by molar-refractivity contribution is 7.80. The quantitative estimate of drug-likeness (QED) is 0.863. The molecular weight excluding hydrogens is 270 g/mol. The molecule has 1 aliphatic rings. The number of ether oxygens (including phenoxy) is 1. The number of hydrogen-bond donors (Lipinski definition) is 1. The van der Waals surface area contributed by atoms with Gasteiger partial charge in [0.1, 0.15) is 0 Å². The molecule has 0 bridgehead atoms. The molecule has 1 aromatic rings. The van der Waals surface area contributed by atoms with Crippen molar-refractivity contribution in [2.24, 2.45) is 0 Å². The van der Waals surface area contributed by atoms with Gasteiger partial charge in [-0.2, -0.15) is 0 Å². The molecule has 1 heterocycles. The smallest absolute Gasteiger partial charge is 0.256 e. The van der Waals surface area contributed by atoms with Crippen LogP contribution in [0, 0.1) is 0 Å². The van der Waals surface area contributed by atoms with Crippen molar-refractivity contribution in [1.29, 1.82) is 0 Å². The molecule has 1 N–H and O–H groups in total. The zero-order chi connectivity index (χ0) is 14.4. The summed E-state index contributed by atoms with van der Waals surface area (Å²) in [4.78, 5) is 12.5. The van der Waals surface area contributed by atoms with Gasteiger partial charge < -0.3 is 10.1 Å². The van der Waals surface area contributed by atoms with Crippen molar-refractivity contribution < 1.29 is 9.53 Å². The van der Waals surface area contributed by atoms with Crippen LogP contribution < -0.4 is 5.32 Å². The first kappa shape index (κ1) is 15.1. The number of carbonyl (C=O) groups excluding carboxylic acids is 1. The van der Waals surface area contributed by atoms with Crippen molar-refractivity contribution in [3.63, 3.8) is 0 Å². The first-order valence-corrected chi connectivity index (χ1v) is 7.60. The molecule has 2 atom stereocenters. The Morgan fingerprint density at radius 1 is 1.35 bits per heavy atom. The van der Waals surface area contributed by atoms with Crippen molar-refractivity contribution >= 4 is 23.1 Å². The van der Waals surface area contributed by atoms with E-state index in [4.69, 9.17) is 17.0 Å². The average molecular weight is 291 g/mol. The zero-order valence-electron chi connectivity index (χ0n) is 11.8. The van der Waals surface area contributed by atoms with Crippen LogP contribution in [0.3, 0.4) is 0 Å². The van der Waals surface area contributed by atoms with Gasteiger partial charge in [0, 0.05) is 12.0 Å². The third-order valence-electron chi connectivity index (χ3n) is 3.54. The molecule has 20 heavy (non-hydrogen) atoms. The van der Waals surface area contributed by atoms with Gasteiger partial charge in [-0.1, -0.05) is 30.4 Å². The summed E-state index contributed by atoms with van der Waals surface area (Å²) >= 11 is 5.24. The van der Waals surface area contributed by atoms with E-state index in [0.717, 1.165) is 19.3 Å². The number of nitrogens with one attached hydrogen (secondary N) is 1. The third-order valence-corrected chi connectivity index (χ3v) is 3.85.